The highest BCUT2D eigenvalue weighted by molar-refractivity contribution is 7.99. The van der Waals surface area contributed by atoms with Crippen molar-refractivity contribution in [1.82, 2.24) is 5.32 Å². The number of benzene rings is 2. The summed E-state index contributed by atoms with van der Waals surface area (Å²) in [6.07, 6.45) is 0.550. The molecule has 1 heterocycles. The molecule has 0 bridgehead atoms. The van der Waals surface area contributed by atoms with E-state index in [1.807, 2.05) is 65.2 Å². The topological polar surface area (TPSA) is 32.3 Å². The molecule has 0 saturated carbocycles. The Kier molecular flexibility index (Phi) is 5.72. The van der Waals surface area contributed by atoms with E-state index in [9.17, 15) is 4.79 Å². The zero-order valence-corrected chi connectivity index (χ0v) is 14.0. The molecule has 0 aliphatic carbocycles. The molecule has 2 aromatic carbocycles. The molecule has 1 atom stereocenters. The maximum atomic E-state index is 12.9. The van der Waals surface area contributed by atoms with Crippen LogP contribution in [-0.2, 0) is 11.3 Å². The van der Waals surface area contributed by atoms with Crippen molar-refractivity contribution in [2.75, 3.05) is 23.0 Å². The van der Waals surface area contributed by atoms with Gasteiger partial charge in [0.05, 0.1) is 6.54 Å². The van der Waals surface area contributed by atoms with Crippen LogP contribution in [0, 0.1) is 0 Å². The Labute approximate surface area is 142 Å². The summed E-state index contributed by atoms with van der Waals surface area (Å²) < 4.78 is 0. The van der Waals surface area contributed by atoms with Crippen molar-refractivity contribution in [3.8, 4) is 0 Å². The lowest BCUT2D eigenvalue weighted by molar-refractivity contribution is -0.119. The minimum Gasteiger partial charge on any atom is -0.312 e. The molecular formula is C19H22N2OS. The van der Waals surface area contributed by atoms with Crippen LogP contribution in [0.25, 0.3) is 0 Å². The highest BCUT2D eigenvalue weighted by Crippen LogP contribution is 2.20. The molecule has 1 aliphatic rings. The predicted octanol–water partition coefficient (Wildman–Crippen LogP) is 3.31. The second kappa shape index (κ2) is 8.18. The average Bonchev–Trinajstić information content (AvgIpc) is 2.62. The van der Waals surface area contributed by atoms with Crippen LogP contribution in [0.15, 0.2) is 60.7 Å². The van der Waals surface area contributed by atoms with Crippen LogP contribution in [0.3, 0.4) is 0 Å². The lowest BCUT2D eigenvalue weighted by atomic mass is 10.1. The summed E-state index contributed by atoms with van der Waals surface area (Å²) in [5, 5.41) is 3.45. The molecule has 2 aromatic rings. The zero-order valence-electron chi connectivity index (χ0n) is 13.2. The van der Waals surface area contributed by atoms with E-state index in [-0.39, 0.29) is 11.9 Å². The first-order valence-corrected chi connectivity index (χ1v) is 9.19. The van der Waals surface area contributed by atoms with Crippen LogP contribution in [0.1, 0.15) is 12.0 Å². The predicted molar refractivity (Wildman–Crippen MR) is 97.8 cm³/mol. The summed E-state index contributed by atoms with van der Waals surface area (Å²) in [5.41, 5.74) is 2.11. The van der Waals surface area contributed by atoms with Crippen LogP contribution in [-0.4, -0.2) is 30.0 Å². The zero-order chi connectivity index (χ0) is 15.9. The van der Waals surface area contributed by atoms with E-state index >= 15 is 0 Å². The van der Waals surface area contributed by atoms with Gasteiger partial charge in [-0.15, -0.1) is 0 Å². The van der Waals surface area contributed by atoms with Gasteiger partial charge in [-0.2, -0.15) is 11.8 Å². The van der Waals surface area contributed by atoms with Gasteiger partial charge in [0.2, 0.25) is 5.91 Å². The smallest absolute Gasteiger partial charge is 0.228 e. The number of amides is 1. The quantitative estimate of drug-likeness (QED) is 0.915. The van der Waals surface area contributed by atoms with Gasteiger partial charge in [0.1, 0.15) is 0 Å². The van der Waals surface area contributed by atoms with Crippen molar-refractivity contribution < 1.29 is 4.79 Å². The average molecular weight is 326 g/mol. The summed E-state index contributed by atoms with van der Waals surface area (Å²) >= 11 is 1.92. The number of nitrogens with zero attached hydrogens (tertiary/aromatic N) is 1. The van der Waals surface area contributed by atoms with E-state index in [1.165, 1.54) is 0 Å². The van der Waals surface area contributed by atoms with Crippen molar-refractivity contribution in [3.63, 3.8) is 0 Å². The van der Waals surface area contributed by atoms with E-state index in [0.29, 0.717) is 13.0 Å². The van der Waals surface area contributed by atoms with Gasteiger partial charge in [-0.05, 0) is 17.7 Å². The molecule has 1 saturated heterocycles. The van der Waals surface area contributed by atoms with Crippen LogP contribution < -0.4 is 10.2 Å². The van der Waals surface area contributed by atoms with E-state index in [1.54, 1.807) is 0 Å². The largest absolute Gasteiger partial charge is 0.312 e. The number of carbonyl (C=O) groups is 1. The van der Waals surface area contributed by atoms with E-state index < -0.39 is 0 Å². The second-order valence-electron chi connectivity index (χ2n) is 5.73. The first kappa shape index (κ1) is 16.1. The Morgan fingerprint density at radius 1 is 1.09 bits per heavy atom. The van der Waals surface area contributed by atoms with Gasteiger partial charge in [0.15, 0.2) is 0 Å². The van der Waals surface area contributed by atoms with Crippen molar-refractivity contribution >= 4 is 23.4 Å². The number of para-hydroxylation sites is 1. The third kappa shape index (κ3) is 4.60. The third-order valence-electron chi connectivity index (χ3n) is 3.97. The normalized spacial score (nSPS) is 17.7. The molecular weight excluding hydrogens is 304 g/mol. The highest BCUT2D eigenvalue weighted by atomic mass is 32.2. The van der Waals surface area contributed by atoms with Crippen molar-refractivity contribution in [2.45, 2.75) is 19.0 Å². The Hall–Kier alpha value is -1.78. The fraction of sp³-hybridized carbons (Fsp3) is 0.316. The molecule has 0 radical (unpaired) electrons. The Balaban J connectivity index is 1.75. The summed E-state index contributed by atoms with van der Waals surface area (Å²) in [5.74, 6) is 2.33. The van der Waals surface area contributed by atoms with E-state index in [2.05, 4.69) is 17.4 Å². The molecule has 1 amide bonds. The molecule has 3 rings (SSSR count). The summed E-state index contributed by atoms with van der Waals surface area (Å²) in [6, 6.07) is 20.4. The van der Waals surface area contributed by atoms with Crippen molar-refractivity contribution in [3.05, 3.63) is 66.2 Å². The fourth-order valence-electron chi connectivity index (χ4n) is 2.77. The first-order valence-electron chi connectivity index (χ1n) is 8.03. The molecule has 0 aromatic heterocycles. The number of nitrogens with one attached hydrogen (secondary N) is 1. The Morgan fingerprint density at radius 3 is 2.43 bits per heavy atom. The van der Waals surface area contributed by atoms with E-state index in [4.69, 9.17) is 0 Å². The minimum absolute atomic E-state index is 0.181. The van der Waals surface area contributed by atoms with Gasteiger partial charge in [-0.3, -0.25) is 4.79 Å². The molecule has 1 aliphatic heterocycles. The number of hydrogen-bond acceptors (Lipinski definition) is 3. The molecule has 3 nitrogen and oxygen atoms in total. The standard InChI is InChI=1S/C19H22N2OS/c22-19(13-17-15-23-12-11-20-17)21(18-9-5-2-6-10-18)14-16-7-3-1-4-8-16/h1-10,17,20H,11-15H2. The third-order valence-corrected chi connectivity index (χ3v) is 5.10. The Morgan fingerprint density at radius 2 is 1.78 bits per heavy atom. The second-order valence-corrected chi connectivity index (χ2v) is 6.88. The fourth-order valence-corrected chi connectivity index (χ4v) is 3.72. The summed E-state index contributed by atoms with van der Waals surface area (Å²) in [6.45, 7) is 1.61. The van der Waals surface area contributed by atoms with Crippen molar-refractivity contribution in [1.29, 1.82) is 0 Å². The molecule has 0 spiro atoms. The molecule has 120 valence electrons. The highest BCUT2D eigenvalue weighted by Gasteiger charge is 2.22. The Bertz CT molecular complexity index is 612. The SMILES string of the molecule is O=C(CC1CSCCN1)N(Cc1ccccc1)c1ccccc1. The van der Waals surface area contributed by atoms with Gasteiger partial charge in [-0.1, -0.05) is 48.5 Å². The first-order chi connectivity index (χ1) is 11.3. The van der Waals surface area contributed by atoms with Crippen LogP contribution >= 0.6 is 11.8 Å². The van der Waals surface area contributed by atoms with Crippen LogP contribution in [0.2, 0.25) is 0 Å². The lowest BCUT2D eigenvalue weighted by Crippen LogP contribution is -2.42. The summed E-state index contributed by atoms with van der Waals surface area (Å²) in [7, 11) is 0. The number of anilines is 1. The molecule has 1 unspecified atom stereocenters. The number of thioether (sulfide) groups is 1. The van der Waals surface area contributed by atoms with Crippen LogP contribution in [0.5, 0.6) is 0 Å². The molecule has 23 heavy (non-hydrogen) atoms. The van der Waals surface area contributed by atoms with E-state index in [0.717, 1.165) is 29.3 Å². The number of rotatable bonds is 5. The van der Waals surface area contributed by atoms with Gasteiger partial charge >= 0.3 is 0 Å². The van der Waals surface area contributed by atoms with Gasteiger partial charge < -0.3 is 10.2 Å². The maximum absolute atomic E-state index is 12.9. The monoisotopic (exact) mass is 326 g/mol. The van der Waals surface area contributed by atoms with Gasteiger partial charge in [0.25, 0.3) is 0 Å². The number of hydrogen-bond donors (Lipinski definition) is 1. The molecule has 4 heteroatoms. The molecule has 1 N–H and O–H groups in total. The summed E-state index contributed by atoms with van der Waals surface area (Å²) in [4.78, 5) is 14.8. The number of carbonyl (C=O) groups excluding carboxylic acids is 1. The van der Waals surface area contributed by atoms with Gasteiger partial charge in [0, 0.05) is 36.2 Å². The lowest BCUT2D eigenvalue weighted by Gasteiger charge is -2.27. The maximum Gasteiger partial charge on any atom is 0.228 e. The minimum atomic E-state index is 0.181. The molecule has 1 fully saturated rings. The van der Waals surface area contributed by atoms with Crippen LogP contribution in [0.4, 0.5) is 5.69 Å². The van der Waals surface area contributed by atoms with Gasteiger partial charge in [-0.25, -0.2) is 0 Å². The van der Waals surface area contributed by atoms with Crippen molar-refractivity contribution in [2.24, 2.45) is 0 Å².